The summed E-state index contributed by atoms with van der Waals surface area (Å²) in [6.07, 6.45) is 7.47. The van der Waals surface area contributed by atoms with E-state index in [0.29, 0.717) is 42.2 Å². The third kappa shape index (κ3) is 3.08. The van der Waals surface area contributed by atoms with Crippen LogP contribution in [0.1, 0.15) is 35.6 Å². The van der Waals surface area contributed by atoms with E-state index in [1.807, 2.05) is 0 Å². The van der Waals surface area contributed by atoms with Crippen molar-refractivity contribution in [2.24, 2.45) is 17.8 Å². The fourth-order valence-electron chi connectivity index (χ4n) is 3.43. The molecule has 22 heavy (non-hydrogen) atoms. The van der Waals surface area contributed by atoms with Crippen molar-refractivity contribution in [1.82, 2.24) is 10.2 Å². The Kier molecular flexibility index (Phi) is 4.05. The minimum atomic E-state index is -0.175. The summed E-state index contributed by atoms with van der Waals surface area (Å²) in [4.78, 5) is 25.2. The third-order valence-corrected chi connectivity index (χ3v) is 4.60. The van der Waals surface area contributed by atoms with Crippen LogP contribution in [0.3, 0.4) is 0 Å². The number of fused-ring (bicyclic) bond motifs is 2. The van der Waals surface area contributed by atoms with Crippen molar-refractivity contribution in [3.8, 4) is 0 Å². The largest absolute Gasteiger partial charge is 0.454 e. The van der Waals surface area contributed by atoms with Gasteiger partial charge < -0.3 is 14.6 Å². The van der Waals surface area contributed by atoms with Gasteiger partial charge in [-0.1, -0.05) is 12.2 Å². The maximum atomic E-state index is 12.0. The maximum absolute atomic E-state index is 12.0. The highest BCUT2D eigenvalue weighted by Crippen LogP contribution is 2.44. The number of hydrogen-bond acceptors (Lipinski definition) is 3. The molecule has 118 valence electrons. The summed E-state index contributed by atoms with van der Waals surface area (Å²) in [6, 6.07) is 3.38. The minimum absolute atomic E-state index is 0.0582. The van der Waals surface area contributed by atoms with Crippen molar-refractivity contribution in [3.63, 3.8) is 0 Å². The minimum Gasteiger partial charge on any atom is -0.454 e. The van der Waals surface area contributed by atoms with E-state index >= 15 is 0 Å². The lowest BCUT2D eigenvalue weighted by Gasteiger charge is -2.17. The van der Waals surface area contributed by atoms with Crippen LogP contribution >= 0.6 is 0 Å². The van der Waals surface area contributed by atoms with Crippen molar-refractivity contribution < 1.29 is 14.0 Å². The van der Waals surface area contributed by atoms with Gasteiger partial charge in [-0.25, -0.2) is 0 Å². The van der Waals surface area contributed by atoms with E-state index in [2.05, 4.69) is 17.5 Å². The van der Waals surface area contributed by atoms with Gasteiger partial charge in [-0.2, -0.15) is 0 Å². The maximum Gasteiger partial charge on any atom is 0.289 e. The normalized spacial score (nSPS) is 25.5. The first-order chi connectivity index (χ1) is 10.5. The Morgan fingerprint density at radius 2 is 2.09 bits per heavy atom. The Labute approximate surface area is 130 Å². The van der Waals surface area contributed by atoms with Gasteiger partial charge in [-0.15, -0.1) is 0 Å². The summed E-state index contributed by atoms with van der Waals surface area (Å²) in [7, 11) is 3.35. The molecule has 0 aliphatic heterocycles. The van der Waals surface area contributed by atoms with Gasteiger partial charge in [-0.3, -0.25) is 9.59 Å². The van der Waals surface area contributed by atoms with Gasteiger partial charge in [0.1, 0.15) is 5.76 Å². The zero-order chi connectivity index (χ0) is 15.7. The number of carbonyl (C=O) groups excluding carboxylic acids is 2. The summed E-state index contributed by atoms with van der Waals surface area (Å²) in [5.74, 6) is 2.54. The Hall–Kier alpha value is -2.04. The molecule has 2 amide bonds. The predicted octanol–water partition coefficient (Wildman–Crippen LogP) is 2.20. The van der Waals surface area contributed by atoms with E-state index in [9.17, 15) is 9.59 Å². The van der Waals surface area contributed by atoms with Crippen LogP contribution in [0, 0.1) is 17.8 Å². The van der Waals surface area contributed by atoms with Gasteiger partial charge in [-0.05, 0) is 42.7 Å². The molecule has 5 nitrogen and oxygen atoms in total. The molecule has 0 saturated heterocycles. The van der Waals surface area contributed by atoms with Crippen LogP contribution in [0.4, 0.5) is 0 Å². The molecule has 0 spiro atoms. The molecule has 5 heteroatoms. The van der Waals surface area contributed by atoms with E-state index in [1.165, 1.54) is 11.3 Å². The number of nitrogens with zero attached hydrogens (tertiary/aromatic N) is 1. The molecular formula is C17H22N2O3. The first-order valence-electron chi connectivity index (χ1n) is 7.78. The predicted molar refractivity (Wildman–Crippen MR) is 82.0 cm³/mol. The summed E-state index contributed by atoms with van der Waals surface area (Å²) >= 11 is 0. The molecule has 3 atom stereocenters. The van der Waals surface area contributed by atoms with Crippen LogP contribution < -0.4 is 5.32 Å². The zero-order valence-electron chi connectivity index (χ0n) is 13.0. The van der Waals surface area contributed by atoms with E-state index in [1.54, 1.807) is 26.2 Å². The molecule has 1 fully saturated rings. The fourth-order valence-corrected chi connectivity index (χ4v) is 3.43. The molecule has 1 heterocycles. The molecule has 0 aromatic carbocycles. The molecule has 0 unspecified atom stereocenters. The van der Waals surface area contributed by atoms with Crippen molar-refractivity contribution >= 4 is 11.8 Å². The number of amides is 2. The van der Waals surface area contributed by atoms with Crippen molar-refractivity contribution in [2.75, 3.05) is 14.1 Å². The molecule has 1 aromatic heterocycles. The second-order valence-corrected chi connectivity index (χ2v) is 6.49. The summed E-state index contributed by atoms with van der Waals surface area (Å²) in [5, 5.41) is 2.89. The second kappa shape index (κ2) is 5.99. The van der Waals surface area contributed by atoms with Crippen LogP contribution in [-0.2, 0) is 11.3 Å². The number of rotatable bonds is 5. The highest BCUT2D eigenvalue weighted by molar-refractivity contribution is 5.91. The SMILES string of the molecule is CN(C)C(=O)c1ccc(CNC(=O)C[C@@H]2C[C@@H]3C=C[C@H]2C3)o1. The molecule has 0 radical (unpaired) electrons. The highest BCUT2D eigenvalue weighted by Gasteiger charge is 2.36. The van der Waals surface area contributed by atoms with E-state index in [4.69, 9.17) is 4.42 Å². The molecule has 1 N–H and O–H groups in total. The molecule has 1 aromatic rings. The monoisotopic (exact) mass is 302 g/mol. The van der Waals surface area contributed by atoms with Gasteiger partial charge in [0, 0.05) is 20.5 Å². The summed E-state index contributed by atoms with van der Waals surface area (Å²) in [5.41, 5.74) is 0. The van der Waals surface area contributed by atoms with Gasteiger partial charge >= 0.3 is 0 Å². The molecule has 2 aliphatic carbocycles. The van der Waals surface area contributed by atoms with Crippen molar-refractivity contribution in [2.45, 2.75) is 25.8 Å². The Morgan fingerprint density at radius 1 is 1.27 bits per heavy atom. The van der Waals surface area contributed by atoms with Gasteiger partial charge in [0.25, 0.3) is 5.91 Å². The van der Waals surface area contributed by atoms with E-state index in [0.717, 1.165) is 6.42 Å². The number of carbonyl (C=O) groups is 2. The van der Waals surface area contributed by atoms with Crippen molar-refractivity contribution in [1.29, 1.82) is 0 Å². The number of furan rings is 1. The lowest BCUT2D eigenvalue weighted by atomic mass is 9.90. The average Bonchev–Trinajstić information content (AvgIpc) is 3.20. The Bertz CT molecular complexity index is 603. The molecule has 2 aliphatic rings. The highest BCUT2D eigenvalue weighted by atomic mass is 16.4. The number of nitrogens with one attached hydrogen (secondary N) is 1. The second-order valence-electron chi connectivity index (χ2n) is 6.49. The standard InChI is InChI=1S/C17H22N2O3/c1-19(2)17(21)15-6-5-14(22-15)10-18-16(20)9-13-8-11-3-4-12(13)7-11/h3-6,11-13H,7-10H2,1-2H3,(H,18,20)/t11-,12+,13+/m1/s1. The van der Waals surface area contributed by atoms with Crippen LogP contribution in [0.5, 0.6) is 0 Å². The zero-order valence-corrected chi connectivity index (χ0v) is 13.0. The molecular weight excluding hydrogens is 280 g/mol. The summed E-state index contributed by atoms with van der Waals surface area (Å²) < 4.78 is 5.46. The van der Waals surface area contributed by atoms with Gasteiger partial charge in [0.15, 0.2) is 5.76 Å². The van der Waals surface area contributed by atoms with E-state index < -0.39 is 0 Å². The van der Waals surface area contributed by atoms with E-state index in [-0.39, 0.29) is 11.8 Å². The molecule has 2 bridgehead atoms. The van der Waals surface area contributed by atoms with Crippen LogP contribution in [0.25, 0.3) is 0 Å². The smallest absolute Gasteiger partial charge is 0.289 e. The van der Waals surface area contributed by atoms with Gasteiger partial charge in [0.05, 0.1) is 6.54 Å². The Balaban J connectivity index is 1.47. The van der Waals surface area contributed by atoms with Crippen LogP contribution in [-0.4, -0.2) is 30.8 Å². The lowest BCUT2D eigenvalue weighted by molar-refractivity contribution is -0.122. The third-order valence-electron chi connectivity index (χ3n) is 4.60. The quantitative estimate of drug-likeness (QED) is 0.848. The fraction of sp³-hybridized carbons (Fsp3) is 0.529. The molecule has 1 saturated carbocycles. The number of allylic oxidation sites excluding steroid dienone is 2. The first-order valence-corrected chi connectivity index (χ1v) is 7.78. The summed E-state index contributed by atoms with van der Waals surface area (Å²) in [6.45, 7) is 0.330. The van der Waals surface area contributed by atoms with Gasteiger partial charge in [0.2, 0.25) is 5.91 Å². The topological polar surface area (TPSA) is 62.6 Å². The number of hydrogen-bond donors (Lipinski definition) is 1. The average molecular weight is 302 g/mol. The Morgan fingerprint density at radius 3 is 2.73 bits per heavy atom. The van der Waals surface area contributed by atoms with Crippen LogP contribution in [0.15, 0.2) is 28.7 Å². The van der Waals surface area contributed by atoms with Crippen LogP contribution in [0.2, 0.25) is 0 Å². The molecule has 3 rings (SSSR count). The lowest BCUT2D eigenvalue weighted by Crippen LogP contribution is -2.26. The first kappa shape index (κ1) is 14.9. The van der Waals surface area contributed by atoms with Crippen molar-refractivity contribution in [3.05, 3.63) is 35.8 Å².